The largest absolute Gasteiger partial charge is 0.0776 e. The Bertz CT molecular complexity index is 383. The third-order valence-electron chi connectivity index (χ3n) is 2.58. The van der Waals surface area contributed by atoms with Crippen molar-refractivity contribution in [2.75, 3.05) is 0 Å². The van der Waals surface area contributed by atoms with Crippen molar-refractivity contribution in [1.82, 2.24) is 0 Å². The highest BCUT2D eigenvalue weighted by Crippen LogP contribution is 2.05. The summed E-state index contributed by atoms with van der Waals surface area (Å²) < 4.78 is 0. The molecule has 0 unspecified atom stereocenters. The highest BCUT2D eigenvalue weighted by Gasteiger charge is 2.02. The first kappa shape index (κ1) is 10.0. The number of aryl methyl sites for hydroxylation is 2. The van der Waals surface area contributed by atoms with Crippen molar-refractivity contribution in [2.45, 2.75) is 28.2 Å². The molecule has 0 saturated heterocycles. The zero-order valence-electron chi connectivity index (χ0n) is 7.89. The molecule has 1 aliphatic rings. The van der Waals surface area contributed by atoms with Gasteiger partial charge in [-0.15, -0.1) is 0 Å². The summed E-state index contributed by atoms with van der Waals surface area (Å²) in [5, 5.41) is 2.82. The zero-order chi connectivity index (χ0) is 8.72. The van der Waals surface area contributed by atoms with E-state index in [1.807, 2.05) is 0 Å². The van der Waals surface area contributed by atoms with E-state index in [-0.39, 0.29) is 7.43 Å². The summed E-state index contributed by atoms with van der Waals surface area (Å²) in [7, 11) is 0. The van der Waals surface area contributed by atoms with Gasteiger partial charge in [0.05, 0.1) is 0 Å². The maximum Gasteiger partial charge on any atom is -0.00635 e. The summed E-state index contributed by atoms with van der Waals surface area (Å²) in [6.07, 6.45) is 4.64. The molecule has 0 nitrogen and oxygen atoms in total. The predicted octanol–water partition coefficient (Wildman–Crippen LogP) is 2.15. The van der Waals surface area contributed by atoms with Crippen LogP contribution >= 0.6 is 0 Å². The fourth-order valence-corrected chi connectivity index (χ4v) is 1.76. The Morgan fingerprint density at radius 1 is 0.923 bits per heavy atom. The molecule has 0 spiro atoms. The molecule has 1 aromatic carbocycles. The van der Waals surface area contributed by atoms with E-state index in [4.69, 9.17) is 0 Å². The molecule has 0 fully saturated rings. The van der Waals surface area contributed by atoms with Gasteiger partial charge in [0.1, 0.15) is 0 Å². The second kappa shape index (κ2) is 3.37. The second-order valence-corrected chi connectivity index (χ2v) is 3.76. The van der Waals surface area contributed by atoms with Crippen LogP contribution in [0.2, 0.25) is 0 Å². The molecule has 0 radical (unpaired) electrons. The van der Waals surface area contributed by atoms with E-state index in [1.165, 1.54) is 21.6 Å². The molecular formula is C13H18. The molecule has 0 bridgehead atoms. The van der Waals surface area contributed by atoms with E-state index in [1.54, 1.807) is 0 Å². The molecule has 0 amide bonds. The third kappa shape index (κ3) is 1.67. The molecule has 0 N–H and O–H groups in total. The van der Waals surface area contributed by atoms with Gasteiger partial charge in [-0.2, -0.15) is 0 Å². The number of fused-ring (bicyclic) bond motifs is 1. The van der Waals surface area contributed by atoms with Crippen LogP contribution in [-0.4, -0.2) is 0 Å². The summed E-state index contributed by atoms with van der Waals surface area (Å²) in [5.74, 6) is 0.612. The molecule has 0 heteroatoms. The normalized spacial score (nSPS) is 14.1. The van der Waals surface area contributed by atoms with Crippen molar-refractivity contribution in [3.8, 4) is 0 Å². The first-order valence-electron chi connectivity index (χ1n) is 4.48. The highest BCUT2D eigenvalue weighted by atomic mass is 14.1. The molecule has 70 valence electrons. The topological polar surface area (TPSA) is 0 Å². The minimum atomic E-state index is 0. The van der Waals surface area contributed by atoms with E-state index < -0.39 is 0 Å². The Kier molecular flexibility index (Phi) is 2.60. The summed E-state index contributed by atoms with van der Waals surface area (Å²) in [6.45, 7) is 6.57. The van der Waals surface area contributed by atoms with Gasteiger partial charge >= 0.3 is 0 Å². The lowest BCUT2D eigenvalue weighted by Gasteiger charge is -1.96. The van der Waals surface area contributed by atoms with Crippen LogP contribution in [0, 0.1) is 19.8 Å². The predicted molar refractivity (Wildman–Crippen MR) is 60.0 cm³/mol. The fraction of sp³-hybridized carbons (Fsp3) is 0.385. The van der Waals surface area contributed by atoms with Crippen molar-refractivity contribution in [2.24, 2.45) is 5.92 Å². The van der Waals surface area contributed by atoms with Crippen molar-refractivity contribution in [3.63, 3.8) is 0 Å². The molecular weight excluding hydrogens is 156 g/mol. The second-order valence-electron chi connectivity index (χ2n) is 3.76. The third-order valence-corrected chi connectivity index (χ3v) is 2.58. The van der Waals surface area contributed by atoms with Crippen LogP contribution in [0.3, 0.4) is 0 Å². The Balaban J connectivity index is 0.000000845. The van der Waals surface area contributed by atoms with Gasteiger partial charge < -0.3 is 0 Å². The Morgan fingerprint density at radius 3 is 1.69 bits per heavy atom. The Morgan fingerprint density at radius 2 is 1.31 bits per heavy atom. The maximum atomic E-state index is 2.32. The summed E-state index contributed by atoms with van der Waals surface area (Å²) in [5.41, 5.74) is 2.79. The SMILES string of the molecule is C.Cc1cc2c(cc1C)=CC(C)C=2. The first-order valence-corrected chi connectivity index (χ1v) is 4.48. The molecule has 0 atom stereocenters. The lowest BCUT2D eigenvalue weighted by atomic mass is 10.1. The molecule has 0 heterocycles. The van der Waals surface area contributed by atoms with Gasteiger partial charge in [0.2, 0.25) is 0 Å². The molecule has 2 rings (SSSR count). The van der Waals surface area contributed by atoms with E-state index in [0.717, 1.165) is 0 Å². The standard InChI is InChI=1S/C12H14.CH4/c1-8-4-11-6-9(2)10(3)7-12(11)5-8;/h4-8H,1-3H3;1H4. The van der Waals surface area contributed by atoms with Crippen LogP contribution < -0.4 is 10.4 Å². The minimum Gasteiger partial charge on any atom is -0.0776 e. The average molecular weight is 174 g/mol. The molecule has 1 aromatic rings. The van der Waals surface area contributed by atoms with Crippen molar-refractivity contribution >= 4 is 12.2 Å². The summed E-state index contributed by atoms with van der Waals surface area (Å²) >= 11 is 0. The number of hydrogen-bond acceptors (Lipinski definition) is 0. The zero-order valence-corrected chi connectivity index (χ0v) is 7.89. The number of hydrogen-bond donors (Lipinski definition) is 0. The number of benzene rings is 1. The van der Waals surface area contributed by atoms with Crippen LogP contribution in [0.5, 0.6) is 0 Å². The fourth-order valence-electron chi connectivity index (χ4n) is 1.76. The van der Waals surface area contributed by atoms with Gasteiger partial charge in [-0.25, -0.2) is 0 Å². The lowest BCUT2D eigenvalue weighted by Crippen LogP contribution is -2.21. The van der Waals surface area contributed by atoms with Gasteiger partial charge in [-0.1, -0.05) is 38.6 Å². The van der Waals surface area contributed by atoms with Gasteiger partial charge in [0, 0.05) is 0 Å². The van der Waals surface area contributed by atoms with E-state index in [2.05, 4.69) is 45.1 Å². The van der Waals surface area contributed by atoms with Crippen LogP contribution in [0.15, 0.2) is 12.1 Å². The van der Waals surface area contributed by atoms with E-state index >= 15 is 0 Å². The Labute approximate surface area is 80.6 Å². The summed E-state index contributed by atoms with van der Waals surface area (Å²) in [4.78, 5) is 0. The van der Waals surface area contributed by atoms with Crippen LogP contribution in [-0.2, 0) is 0 Å². The molecule has 0 aromatic heterocycles. The maximum absolute atomic E-state index is 2.32. The molecule has 13 heavy (non-hydrogen) atoms. The minimum absolute atomic E-state index is 0. The van der Waals surface area contributed by atoms with Crippen molar-refractivity contribution in [1.29, 1.82) is 0 Å². The van der Waals surface area contributed by atoms with Crippen LogP contribution in [0.25, 0.3) is 12.2 Å². The smallest absolute Gasteiger partial charge is 0.00635 e. The van der Waals surface area contributed by atoms with Crippen LogP contribution in [0.4, 0.5) is 0 Å². The molecule has 0 aliphatic heterocycles. The number of rotatable bonds is 0. The van der Waals surface area contributed by atoms with Crippen LogP contribution in [0.1, 0.15) is 25.5 Å². The van der Waals surface area contributed by atoms with Gasteiger partial charge in [0.25, 0.3) is 0 Å². The summed E-state index contributed by atoms with van der Waals surface area (Å²) in [6, 6.07) is 4.56. The van der Waals surface area contributed by atoms with Gasteiger partial charge in [-0.3, -0.25) is 0 Å². The first-order chi connectivity index (χ1) is 5.66. The molecule has 0 saturated carbocycles. The highest BCUT2D eigenvalue weighted by molar-refractivity contribution is 5.51. The van der Waals surface area contributed by atoms with Crippen molar-refractivity contribution < 1.29 is 0 Å². The van der Waals surface area contributed by atoms with E-state index in [0.29, 0.717) is 5.92 Å². The van der Waals surface area contributed by atoms with Crippen molar-refractivity contribution in [3.05, 3.63) is 33.7 Å². The average Bonchev–Trinajstić information content (AvgIpc) is 2.30. The molecule has 1 aliphatic carbocycles. The lowest BCUT2D eigenvalue weighted by molar-refractivity contribution is 1.07. The van der Waals surface area contributed by atoms with Gasteiger partial charge in [-0.05, 0) is 41.3 Å². The van der Waals surface area contributed by atoms with Gasteiger partial charge in [0.15, 0.2) is 0 Å². The Hall–Kier alpha value is -1.04. The quantitative estimate of drug-likeness (QED) is 0.565. The van der Waals surface area contributed by atoms with E-state index in [9.17, 15) is 0 Å². The monoisotopic (exact) mass is 174 g/mol.